The highest BCUT2D eigenvalue weighted by molar-refractivity contribution is 7.99. The molecule has 0 bridgehead atoms. The maximum absolute atomic E-state index is 12.2. The summed E-state index contributed by atoms with van der Waals surface area (Å²) < 4.78 is 1.47. The van der Waals surface area contributed by atoms with Gasteiger partial charge in [-0.15, -0.1) is 11.3 Å². The van der Waals surface area contributed by atoms with Gasteiger partial charge in [-0.05, 0) is 23.6 Å². The van der Waals surface area contributed by atoms with Gasteiger partial charge in [-0.1, -0.05) is 11.8 Å². The van der Waals surface area contributed by atoms with E-state index in [4.69, 9.17) is 0 Å². The first-order valence-electron chi connectivity index (χ1n) is 6.42. The lowest BCUT2D eigenvalue weighted by atomic mass is 10.4. The number of thiophene rings is 1. The molecule has 0 aliphatic heterocycles. The molecule has 3 heterocycles. The zero-order chi connectivity index (χ0) is 15.5. The predicted octanol–water partition coefficient (Wildman–Crippen LogP) is 2.12. The van der Waals surface area contributed by atoms with E-state index in [-0.39, 0.29) is 17.2 Å². The molecule has 0 aromatic carbocycles. The second-order valence-corrected chi connectivity index (χ2v) is 6.31. The molecule has 1 amide bonds. The van der Waals surface area contributed by atoms with Crippen molar-refractivity contribution in [1.29, 1.82) is 0 Å². The normalized spacial score (nSPS) is 10.8. The molecular formula is C14H12N4O2S2. The molecule has 0 aliphatic rings. The molecule has 6 nitrogen and oxygen atoms in total. The van der Waals surface area contributed by atoms with Gasteiger partial charge >= 0.3 is 0 Å². The first-order chi connectivity index (χ1) is 10.6. The Morgan fingerprint density at radius 2 is 2.32 bits per heavy atom. The summed E-state index contributed by atoms with van der Waals surface area (Å²) in [6.07, 6.45) is 3.22. The monoisotopic (exact) mass is 332 g/mol. The number of carbonyl (C=O) groups excluding carboxylic acids is 1. The molecule has 0 spiro atoms. The molecule has 0 fully saturated rings. The highest BCUT2D eigenvalue weighted by Crippen LogP contribution is 2.20. The number of hydrogen-bond acceptors (Lipinski definition) is 6. The van der Waals surface area contributed by atoms with Crippen LogP contribution < -0.4 is 10.9 Å². The maximum atomic E-state index is 12.2. The molecule has 1 N–H and O–H groups in total. The summed E-state index contributed by atoms with van der Waals surface area (Å²) in [6, 6.07) is 5.28. The maximum Gasteiger partial charge on any atom is 0.262 e. The predicted molar refractivity (Wildman–Crippen MR) is 88.5 cm³/mol. The Morgan fingerprint density at radius 3 is 3.09 bits per heavy atom. The Morgan fingerprint density at radius 1 is 1.45 bits per heavy atom. The fourth-order valence-corrected chi connectivity index (χ4v) is 3.45. The van der Waals surface area contributed by atoms with Gasteiger partial charge in [-0.3, -0.25) is 19.1 Å². The van der Waals surface area contributed by atoms with E-state index in [1.54, 1.807) is 37.6 Å². The third-order valence-electron chi connectivity index (χ3n) is 2.94. The summed E-state index contributed by atoms with van der Waals surface area (Å²) in [7, 11) is 1.66. The molecule has 0 aliphatic carbocycles. The zero-order valence-corrected chi connectivity index (χ0v) is 13.3. The Labute approximate surface area is 134 Å². The van der Waals surface area contributed by atoms with Gasteiger partial charge in [0.2, 0.25) is 5.91 Å². The summed E-state index contributed by atoms with van der Waals surface area (Å²) in [4.78, 5) is 33.1. The summed E-state index contributed by atoms with van der Waals surface area (Å²) in [5.41, 5.74) is 0.546. The van der Waals surface area contributed by atoms with Crippen molar-refractivity contribution in [3.63, 3.8) is 0 Å². The molecule has 0 unspecified atom stereocenters. The van der Waals surface area contributed by atoms with Crippen LogP contribution in [-0.4, -0.2) is 26.2 Å². The lowest BCUT2D eigenvalue weighted by molar-refractivity contribution is -0.113. The quantitative estimate of drug-likeness (QED) is 0.585. The Kier molecular flexibility index (Phi) is 4.21. The van der Waals surface area contributed by atoms with Crippen molar-refractivity contribution in [2.75, 3.05) is 11.1 Å². The van der Waals surface area contributed by atoms with Crippen molar-refractivity contribution < 1.29 is 4.79 Å². The van der Waals surface area contributed by atoms with Crippen LogP contribution >= 0.6 is 23.1 Å². The first-order valence-corrected chi connectivity index (χ1v) is 8.28. The van der Waals surface area contributed by atoms with E-state index < -0.39 is 0 Å². The topological polar surface area (TPSA) is 76.9 Å². The van der Waals surface area contributed by atoms with E-state index in [1.807, 2.05) is 5.38 Å². The van der Waals surface area contributed by atoms with Crippen LogP contribution in [0.1, 0.15) is 0 Å². The second-order valence-electron chi connectivity index (χ2n) is 4.48. The number of fused-ring (bicyclic) bond motifs is 1. The number of thioether (sulfide) groups is 1. The van der Waals surface area contributed by atoms with Crippen molar-refractivity contribution in [2.24, 2.45) is 7.05 Å². The number of amides is 1. The number of nitrogens with one attached hydrogen (secondary N) is 1. The van der Waals surface area contributed by atoms with Gasteiger partial charge in [0.25, 0.3) is 5.56 Å². The van der Waals surface area contributed by atoms with Crippen LogP contribution in [0.25, 0.3) is 10.2 Å². The number of nitrogens with zero attached hydrogens (tertiary/aromatic N) is 3. The minimum absolute atomic E-state index is 0.0959. The minimum Gasteiger partial charge on any atom is -0.324 e. The standard InChI is InChI=1S/C14H12N4O2S2/c1-18-13(20)10-4-6-21-12(10)17-14(18)22-8-11(19)16-9-3-2-5-15-7-9/h2-7H,8H2,1H3,(H,16,19). The van der Waals surface area contributed by atoms with Crippen molar-refractivity contribution in [1.82, 2.24) is 14.5 Å². The molecule has 0 saturated carbocycles. The summed E-state index contributed by atoms with van der Waals surface area (Å²) >= 11 is 2.65. The number of hydrogen-bond donors (Lipinski definition) is 1. The van der Waals surface area contributed by atoms with Crippen LogP contribution in [0.5, 0.6) is 0 Å². The van der Waals surface area contributed by atoms with Crippen LogP contribution in [0.3, 0.4) is 0 Å². The molecule has 3 aromatic heterocycles. The SMILES string of the molecule is Cn1c(SCC(=O)Nc2cccnc2)nc2sccc2c1=O. The average Bonchev–Trinajstić information content (AvgIpc) is 2.99. The molecule has 3 rings (SSSR count). The second kappa shape index (κ2) is 6.29. The number of carbonyl (C=O) groups is 1. The van der Waals surface area contributed by atoms with Crippen LogP contribution in [0.15, 0.2) is 45.9 Å². The third-order valence-corrected chi connectivity index (χ3v) is 4.78. The Balaban J connectivity index is 1.72. The number of rotatable bonds is 4. The van der Waals surface area contributed by atoms with E-state index in [0.717, 1.165) is 0 Å². The fraction of sp³-hybridized carbons (Fsp3) is 0.143. The average molecular weight is 332 g/mol. The van der Waals surface area contributed by atoms with E-state index in [2.05, 4.69) is 15.3 Å². The highest BCUT2D eigenvalue weighted by atomic mass is 32.2. The molecule has 0 saturated heterocycles. The van der Waals surface area contributed by atoms with Gasteiger partial charge in [0.05, 0.1) is 23.0 Å². The number of anilines is 1. The number of aromatic nitrogens is 3. The molecule has 8 heteroatoms. The van der Waals surface area contributed by atoms with Crippen LogP contribution in [0.2, 0.25) is 0 Å². The van der Waals surface area contributed by atoms with Crippen LogP contribution in [0, 0.1) is 0 Å². The van der Waals surface area contributed by atoms with Crippen molar-refractivity contribution >= 4 is 44.9 Å². The van der Waals surface area contributed by atoms with Crippen molar-refractivity contribution in [2.45, 2.75) is 5.16 Å². The van der Waals surface area contributed by atoms with E-state index >= 15 is 0 Å². The van der Waals surface area contributed by atoms with Gasteiger partial charge in [-0.2, -0.15) is 0 Å². The van der Waals surface area contributed by atoms with E-state index in [9.17, 15) is 9.59 Å². The smallest absolute Gasteiger partial charge is 0.262 e. The van der Waals surface area contributed by atoms with Crippen LogP contribution in [0.4, 0.5) is 5.69 Å². The van der Waals surface area contributed by atoms with Crippen LogP contribution in [-0.2, 0) is 11.8 Å². The largest absolute Gasteiger partial charge is 0.324 e. The molecular weight excluding hydrogens is 320 g/mol. The van der Waals surface area contributed by atoms with Gasteiger partial charge in [-0.25, -0.2) is 4.98 Å². The van der Waals surface area contributed by atoms with Gasteiger partial charge in [0, 0.05) is 13.2 Å². The number of pyridine rings is 1. The Hall–Kier alpha value is -2.19. The summed E-state index contributed by atoms with van der Waals surface area (Å²) in [5.74, 6) is 0.00464. The summed E-state index contributed by atoms with van der Waals surface area (Å²) in [6.45, 7) is 0. The van der Waals surface area contributed by atoms with Gasteiger partial charge < -0.3 is 5.32 Å². The van der Waals surface area contributed by atoms with Gasteiger partial charge in [0.15, 0.2) is 5.16 Å². The lowest BCUT2D eigenvalue weighted by Crippen LogP contribution is -2.20. The molecule has 3 aromatic rings. The summed E-state index contributed by atoms with van der Waals surface area (Å²) in [5, 5.41) is 5.72. The first kappa shape index (κ1) is 14.7. The Bertz CT molecular complexity index is 873. The third kappa shape index (κ3) is 3.02. The molecule has 0 radical (unpaired) electrons. The van der Waals surface area contributed by atoms with E-state index in [1.165, 1.54) is 27.7 Å². The molecule has 0 atom stereocenters. The van der Waals surface area contributed by atoms with Gasteiger partial charge in [0.1, 0.15) is 4.83 Å². The van der Waals surface area contributed by atoms with E-state index in [0.29, 0.717) is 21.1 Å². The minimum atomic E-state index is -0.168. The van der Waals surface area contributed by atoms with Crippen molar-refractivity contribution in [3.8, 4) is 0 Å². The van der Waals surface area contributed by atoms with Crippen molar-refractivity contribution in [3.05, 3.63) is 46.3 Å². The lowest BCUT2D eigenvalue weighted by Gasteiger charge is -2.07. The molecule has 112 valence electrons. The molecule has 22 heavy (non-hydrogen) atoms. The highest BCUT2D eigenvalue weighted by Gasteiger charge is 2.11. The fourth-order valence-electron chi connectivity index (χ4n) is 1.87. The zero-order valence-electron chi connectivity index (χ0n) is 11.6.